The van der Waals surface area contributed by atoms with E-state index in [2.05, 4.69) is 10.6 Å². The second-order valence-electron chi connectivity index (χ2n) is 5.89. The van der Waals surface area contributed by atoms with Crippen molar-refractivity contribution in [3.8, 4) is 0 Å². The van der Waals surface area contributed by atoms with Gasteiger partial charge in [0.25, 0.3) is 0 Å². The van der Waals surface area contributed by atoms with Gasteiger partial charge in [-0.1, -0.05) is 6.42 Å². The fourth-order valence-electron chi connectivity index (χ4n) is 2.55. The second kappa shape index (κ2) is 5.36. The summed E-state index contributed by atoms with van der Waals surface area (Å²) in [6.45, 7) is 3.97. The number of nitrogens with one attached hydrogen (secondary N) is 2. The highest BCUT2D eigenvalue weighted by Gasteiger charge is 2.47. The van der Waals surface area contributed by atoms with Crippen LogP contribution in [0.1, 0.15) is 33.1 Å². The van der Waals surface area contributed by atoms with Gasteiger partial charge in [-0.25, -0.2) is 4.79 Å². The van der Waals surface area contributed by atoms with E-state index in [0.29, 0.717) is 5.92 Å². The highest BCUT2D eigenvalue weighted by atomic mass is 16.5. The molecule has 0 aromatic heterocycles. The average Bonchev–Trinajstić information content (AvgIpc) is 2.58. The molecule has 0 bridgehead atoms. The zero-order valence-electron chi connectivity index (χ0n) is 11.4. The number of hydrogen-bond acceptors (Lipinski definition) is 3. The summed E-state index contributed by atoms with van der Waals surface area (Å²) < 4.78 is 5.20. The van der Waals surface area contributed by atoms with E-state index in [0.717, 1.165) is 12.8 Å². The molecule has 1 aliphatic heterocycles. The summed E-state index contributed by atoms with van der Waals surface area (Å²) >= 11 is 0. The number of carbonyl (C=O) groups excluding carboxylic acids is 1. The predicted octanol–water partition coefficient (Wildman–Crippen LogP) is 0.964. The largest absolute Gasteiger partial charge is 0.481 e. The van der Waals surface area contributed by atoms with Crippen LogP contribution < -0.4 is 10.6 Å². The van der Waals surface area contributed by atoms with Crippen molar-refractivity contribution in [2.24, 2.45) is 11.3 Å². The fourth-order valence-corrected chi connectivity index (χ4v) is 2.55. The first-order valence-corrected chi connectivity index (χ1v) is 6.81. The summed E-state index contributed by atoms with van der Waals surface area (Å²) in [7, 11) is 0. The Morgan fingerprint density at radius 2 is 2.11 bits per heavy atom. The molecule has 0 radical (unpaired) electrons. The van der Waals surface area contributed by atoms with Crippen LogP contribution in [-0.4, -0.2) is 42.4 Å². The highest BCUT2D eigenvalue weighted by molar-refractivity contribution is 5.79. The van der Waals surface area contributed by atoms with Crippen LogP contribution in [0.25, 0.3) is 0 Å². The minimum Gasteiger partial charge on any atom is -0.481 e. The number of carboxylic acids is 1. The number of amides is 2. The molecule has 3 unspecified atom stereocenters. The molecule has 0 spiro atoms. The number of rotatable bonds is 4. The molecule has 6 heteroatoms. The Morgan fingerprint density at radius 3 is 2.63 bits per heavy atom. The zero-order valence-corrected chi connectivity index (χ0v) is 11.4. The molecule has 2 aliphatic rings. The van der Waals surface area contributed by atoms with Crippen molar-refractivity contribution in [3.05, 3.63) is 0 Å². The van der Waals surface area contributed by atoms with Gasteiger partial charge in [-0.3, -0.25) is 4.79 Å². The summed E-state index contributed by atoms with van der Waals surface area (Å²) in [5.74, 6) is -0.390. The molecule has 2 rings (SSSR count). The molecule has 19 heavy (non-hydrogen) atoms. The molecule has 1 saturated carbocycles. The summed E-state index contributed by atoms with van der Waals surface area (Å²) in [6, 6.07) is -0.659. The molecule has 1 heterocycles. The normalized spacial score (nSPS) is 32.4. The van der Waals surface area contributed by atoms with Crippen molar-refractivity contribution < 1.29 is 19.4 Å². The number of aliphatic carboxylic acids is 1. The van der Waals surface area contributed by atoms with Gasteiger partial charge in [0.05, 0.1) is 19.3 Å². The van der Waals surface area contributed by atoms with E-state index >= 15 is 0 Å². The monoisotopic (exact) mass is 270 g/mol. The Morgan fingerprint density at radius 1 is 1.42 bits per heavy atom. The van der Waals surface area contributed by atoms with Crippen LogP contribution in [0.4, 0.5) is 4.79 Å². The van der Waals surface area contributed by atoms with Crippen molar-refractivity contribution in [3.63, 3.8) is 0 Å². The van der Waals surface area contributed by atoms with Gasteiger partial charge < -0.3 is 20.5 Å². The molecule has 3 N–H and O–H groups in total. The predicted molar refractivity (Wildman–Crippen MR) is 68.8 cm³/mol. The fraction of sp³-hybridized carbons (Fsp3) is 0.846. The standard InChI is InChI=1S/C13H22N2O4/c1-8(9-4-3-5-9)14-12(18)15-10-6-19-7-13(10,2)11(16)17/h8-10H,3-7H2,1-2H3,(H,16,17)(H2,14,15,18). The minimum atomic E-state index is -1.04. The third-order valence-electron chi connectivity index (χ3n) is 4.47. The number of carbonyl (C=O) groups is 2. The van der Waals surface area contributed by atoms with Crippen molar-refractivity contribution in [1.82, 2.24) is 10.6 Å². The van der Waals surface area contributed by atoms with Gasteiger partial charge in [0.15, 0.2) is 0 Å². The first-order valence-electron chi connectivity index (χ1n) is 6.81. The highest BCUT2D eigenvalue weighted by Crippen LogP contribution is 2.30. The molecular weight excluding hydrogens is 248 g/mol. The van der Waals surface area contributed by atoms with Crippen LogP contribution in [0.2, 0.25) is 0 Å². The minimum absolute atomic E-state index is 0.130. The molecule has 3 atom stereocenters. The summed E-state index contributed by atoms with van der Waals surface area (Å²) in [5.41, 5.74) is -1.04. The van der Waals surface area contributed by atoms with Crippen LogP contribution in [0.3, 0.4) is 0 Å². The van der Waals surface area contributed by atoms with Crippen molar-refractivity contribution in [1.29, 1.82) is 0 Å². The van der Waals surface area contributed by atoms with E-state index in [-0.39, 0.29) is 25.3 Å². The Hall–Kier alpha value is -1.30. The SMILES string of the molecule is CC(NC(=O)NC1COCC1(C)C(=O)O)C1CCC1. The lowest BCUT2D eigenvalue weighted by Gasteiger charge is -2.33. The van der Waals surface area contributed by atoms with Gasteiger partial charge >= 0.3 is 12.0 Å². The van der Waals surface area contributed by atoms with Gasteiger partial charge in [-0.2, -0.15) is 0 Å². The lowest BCUT2D eigenvalue weighted by atomic mass is 9.80. The number of ether oxygens (including phenoxy) is 1. The first-order chi connectivity index (χ1) is 8.93. The maximum Gasteiger partial charge on any atom is 0.315 e. The molecule has 0 aromatic rings. The maximum absolute atomic E-state index is 11.9. The molecule has 1 saturated heterocycles. The third kappa shape index (κ3) is 2.83. The van der Waals surface area contributed by atoms with Crippen LogP contribution >= 0.6 is 0 Å². The summed E-state index contributed by atoms with van der Waals surface area (Å²) in [5, 5.41) is 14.8. The molecule has 2 fully saturated rings. The van der Waals surface area contributed by atoms with Crippen molar-refractivity contribution in [2.75, 3.05) is 13.2 Å². The van der Waals surface area contributed by atoms with Crippen molar-refractivity contribution in [2.45, 2.75) is 45.2 Å². The van der Waals surface area contributed by atoms with Gasteiger partial charge in [-0.15, -0.1) is 0 Å². The molecule has 0 aromatic carbocycles. The van der Waals surface area contributed by atoms with E-state index in [1.807, 2.05) is 6.92 Å². The molecule has 6 nitrogen and oxygen atoms in total. The summed E-state index contributed by atoms with van der Waals surface area (Å²) in [6.07, 6.45) is 3.54. The number of hydrogen-bond donors (Lipinski definition) is 3. The van der Waals surface area contributed by atoms with E-state index in [4.69, 9.17) is 4.74 Å². The Kier molecular flexibility index (Phi) is 3.99. The lowest BCUT2D eigenvalue weighted by Crippen LogP contribution is -2.54. The zero-order chi connectivity index (χ0) is 14.0. The van der Waals surface area contributed by atoms with E-state index in [9.17, 15) is 14.7 Å². The van der Waals surface area contributed by atoms with Gasteiger partial charge in [0, 0.05) is 6.04 Å². The third-order valence-corrected chi connectivity index (χ3v) is 4.47. The van der Waals surface area contributed by atoms with Crippen LogP contribution in [0, 0.1) is 11.3 Å². The van der Waals surface area contributed by atoms with Gasteiger partial charge in [0.1, 0.15) is 5.41 Å². The van der Waals surface area contributed by atoms with Crippen LogP contribution in [0.15, 0.2) is 0 Å². The molecule has 108 valence electrons. The Labute approximate surface area is 112 Å². The smallest absolute Gasteiger partial charge is 0.315 e. The lowest BCUT2D eigenvalue weighted by molar-refractivity contribution is -0.148. The average molecular weight is 270 g/mol. The topological polar surface area (TPSA) is 87.7 Å². The van der Waals surface area contributed by atoms with Crippen molar-refractivity contribution >= 4 is 12.0 Å². The number of carboxylic acid groups (broad SMARTS) is 1. The molecular formula is C13H22N2O4. The van der Waals surface area contributed by atoms with E-state index in [1.165, 1.54) is 6.42 Å². The Bertz CT molecular complexity index is 370. The Balaban J connectivity index is 1.86. The van der Waals surface area contributed by atoms with Gasteiger partial charge in [-0.05, 0) is 32.6 Å². The van der Waals surface area contributed by atoms with E-state index in [1.54, 1.807) is 6.92 Å². The van der Waals surface area contributed by atoms with Gasteiger partial charge in [0.2, 0.25) is 0 Å². The summed E-state index contributed by atoms with van der Waals surface area (Å²) in [4.78, 5) is 23.1. The first kappa shape index (κ1) is 14.1. The second-order valence-corrected chi connectivity index (χ2v) is 5.89. The quantitative estimate of drug-likeness (QED) is 0.710. The maximum atomic E-state index is 11.9. The van der Waals surface area contributed by atoms with Crippen LogP contribution in [0.5, 0.6) is 0 Å². The van der Waals surface area contributed by atoms with Crippen LogP contribution in [-0.2, 0) is 9.53 Å². The van der Waals surface area contributed by atoms with E-state index < -0.39 is 17.4 Å². The number of urea groups is 1. The molecule has 1 aliphatic carbocycles. The molecule has 2 amide bonds.